The van der Waals surface area contributed by atoms with Crippen LogP contribution in [0.15, 0.2) is 47.5 Å². The smallest absolute Gasteiger partial charge is 0.0520 e. The third kappa shape index (κ3) is 2.87. The standard InChI is InChI=1S/C12H15N3S/c13-10-11-6-7-14-15(11)8-9-16-12-4-2-1-3-5-12/h1-7H,8-10,13H2. The molecular formula is C12H15N3S. The lowest BCUT2D eigenvalue weighted by atomic mass is 10.4. The van der Waals surface area contributed by atoms with Gasteiger partial charge in [0.1, 0.15) is 0 Å². The molecule has 0 atom stereocenters. The minimum Gasteiger partial charge on any atom is -0.325 e. The summed E-state index contributed by atoms with van der Waals surface area (Å²) >= 11 is 1.84. The lowest BCUT2D eigenvalue weighted by Crippen LogP contribution is -2.10. The molecule has 2 rings (SSSR count). The first-order valence-corrected chi connectivity index (χ1v) is 6.27. The summed E-state index contributed by atoms with van der Waals surface area (Å²) in [6.45, 7) is 1.45. The van der Waals surface area contributed by atoms with Crippen LogP contribution in [0.5, 0.6) is 0 Å². The minimum atomic E-state index is 0.552. The van der Waals surface area contributed by atoms with Gasteiger partial charge in [-0.25, -0.2) is 0 Å². The fourth-order valence-corrected chi connectivity index (χ4v) is 2.35. The van der Waals surface area contributed by atoms with Crippen molar-refractivity contribution in [3.8, 4) is 0 Å². The van der Waals surface area contributed by atoms with Crippen LogP contribution in [-0.2, 0) is 13.1 Å². The Labute approximate surface area is 99.7 Å². The van der Waals surface area contributed by atoms with Gasteiger partial charge in [-0.15, -0.1) is 11.8 Å². The second-order valence-corrected chi connectivity index (χ2v) is 4.58. The summed E-state index contributed by atoms with van der Waals surface area (Å²) in [7, 11) is 0. The highest BCUT2D eigenvalue weighted by Crippen LogP contribution is 2.17. The Hall–Kier alpha value is -1.26. The molecule has 0 saturated heterocycles. The first-order chi connectivity index (χ1) is 7.90. The average molecular weight is 233 g/mol. The lowest BCUT2D eigenvalue weighted by molar-refractivity contribution is 0.628. The molecule has 0 bridgehead atoms. The van der Waals surface area contributed by atoms with E-state index in [1.807, 2.05) is 28.6 Å². The van der Waals surface area contributed by atoms with Crippen molar-refractivity contribution in [1.29, 1.82) is 0 Å². The Balaban J connectivity index is 1.85. The Kier molecular flexibility index (Phi) is 4.02. The van der Waals surface area contributed by atoms with Crippen LogP contribution in [0, 0.1) is 0 Å². The van der Waals surface area contributed by atoms with Gasteiger partial charge < -0.3 is 5.73 Å². The Morgan fingerprint density at radius 1 is 1.19 bits per heavy atom. The molecule has 3 nitrogen and oxygen atoms in total. The second-order valence-electron chi connectivity index (χ2n) is 3.41. The average Bonchev–Trinajstić information content (AvgIpc) is 2.78. The van der Waals surface area contributed by atoms with Gasteiger partial charge in [-0.1, -0.05) is 18.2 Å². The highest BCUT2D eigenvalue weighted by atomic mass is 32.2. The Morgan fingerprint density at radius 3 is 2.75 bits per heavy atom. The van der Waals surface area contributed by atoms with Crippen LogP contribution >= 0.6 is 11.8 Å². The van der Waals surface area contributed by atoms with Gasteiger partial charge in [0.2, 0.25) is 0 Å². The van der Waals surface area contributed by atoms with Crippen LogP contribution in [-0.4, -0.2) is 15.5 Å². The molecular weight excluding hydrogens is 218 g/mol. The topological polar surface area (TPSA) is 43.8 Å². The molecule has 0 unspecified atom stereocenters. The zero-order chi connectivity index (χ0) is 11.2. The number of thioether (sulfide) groups is 1. The molecule has 2 aromatic rings. The third-order valence-corrected chi connectivity index (χ3v) is 3.32. The third-order valence-electron chi connectivity index (χ3n) is 2.33. The fourth-order valence-electron chi connectivity index (χ4n) is 1.50. The quantitative estimate of drug-likeness (QED) is 0.805. The molecule has 0 saturated carbocycles. The van der Waals surface area contributed by atoms with E-state index in [9.17, 15) is 0 Å². The molecule has 1 aromatic heterocycles. The van der Waals surface area contributed by atoms with Crippen LogP contribution < -0.4 is 5.73 Å². The number of rotatable bonds is 5. The SMILES string of the molecule is NCc1ccnn1CCSc1ccccc1. The minimum absolute atomic E-state index is 0.552. The second kappa shape index (κ2) is 5.72. The zero-order valence-electron chi connectivity index (χ0n) is 9.04. The van der Waals surface area contributed by atoms with E-state index >= 15 is 0 Å². The molecule has 0 spiro atoms. The van der Waals surface area contributed by atoms with Gasteiger partial charge in [0.15, 0.2) is 0 Å². The van der Waals surface area contributed by atoms with Crippen LogP contribution in [0.4, 0.5) is 0 Å². The molecule has 2 N–H and O–H groups in total. The molecule has 0 amide bonds. The van der Waals surface area contributed by atoms with Gasteiger partial charge in [0.05, 0.1) is 12.2 Å². The van der Waals surface area contributed by atoms with Gasteiger partial charge in [-0.2, -0.15) is 5.10 Å². The van der Waals surface area contributed by atoms with Crippen molar-refractivity contribution in [2.45, 2.75) is 18.0 Å². The first-order valence-electron chi connectivity index (χ1n) is 5.29. The summed E-state index contributed by atoms with van der Waals surface area (Å²) in [4.78, 5) is 1.30. The summed E-state index contributed by atoms with van der Waals surface area (Å²) in [6, 6.07) is 12.4. The van der Waals surface area contributed by atoms with Crippen molar-refractivity contribution in [2.75, 3.05) is 5.75 Å². The number of benzene rings is 1. The fraction of sp³-hybridized carbons (Fsp3) is 0.250. The van der Waals surface area contributed by atoms with Crippen LogP contribution in [0.2, 0.25) is 0 Å². The van der Waals surface area contributed by atoms with E-state index < -0.39 is 0 Å². The van der Waals surface area contributed by atoms with E-state index in [4.69, 9.17) is 5.73 Å². The number of hydrogen-bond acceptors (Lipinski definition) is 3. The maximum Gasteiger partial charge on any atom is 0.0520 e. The summed E-state index contributed by atoms with van der Waals surface area (Å²) < 4.78 is 1.97. The Bertz CT molecular complexity index is 425. The molecule has 1 aromatic carbocycles. The molecule has 0 fully saturated rings. The van der Waals surface area contributed by atoms with Gasteiger partial charge in [0.25, 0.3) is 0 Å². The molecule has 4 heteroatoms. The lowest BCUT2D eigenvalue weighted by Gasteiger charge is -2.05. The molecule has 1 heterocycles. The predicted molar refractivity (Wildman–Crippen MR) is 67.3 cm³/mol. The summed E-state index contributed by atoms with van der Waals surface area (Å²) in [5.74, 6) is 1.01. The monoisotopic (exact) mass is 233 g/mol. The van der Waals surface area contributed by atoms with E-state index in [1.54, 1.807) is 6.20 Å². The number of nitrogens with two attached hydrogens (primary N) is 1. The van der Waals surface area contributed by atoms with Gasteiger partial charge in [-0.05, 0) is 18.2 Å². The first kappa shape index (κ1) is 11.2. The predicted octanol–water partition coefficient (Wildman–Crippen LogP) is 2.13. The van der Waals surface area contributed by atoms with Gasteiger partial charge in [-0.3, -0.25) is 4.68 Å². The molecule has 16 heavy (non-hydrogen) atoms. The molecule has 0 radical (unpaired) electrons. The highest BCUT2D eigenvalue weighted by Gasteiger charge is 2.00. The van der Waals surface area contributed by atoms with Crippen LogP contribution in [0.1, 0.15) is 5.69 Å². The van der Waals surface area contributed by atoms with E-state index in [0.29, 0.717) is 6.54 Å². The summed E-state index contributed by atoms with van der Waals surface area (Å²) in [6.07, 6.45) is 1.80. The van der Waals surface area contributed by atoms with Gasteiger partial charge >= 0.3 is 0 Å². The number of hydrogen-bond donors (Lipinski definition) is 1. The van der Waals surface area contributed by atoms with E-state index in [0.717, 1.165) is 18.0 Å². The van der Waals surface area contributed by atoms with Crippen molar-refractivity contribution in [1.82, 2.24) is 9.78 Å². The molecule has 0 aliphatic heterocycles. The van der Waals surface area contributed by atoms with E-state index in [-0.39, 0.29) is 0 Å². The largest absolute Gasteiger partial charge is 0.325 e. The summed E-state index contributed by atoms with van der Waals surface area (Å²) in [5, 5.41) is 4.24. The molecule has 84 valence electrons. The van der Waals surface area contributed by atoms with Crippen molar-refractivity contribution in [3.05, 3.63) is 48.3 Å². The van der Waals surface area contributed by atoms with Crippen molar-refractivity contribution in [2.24, 2.45) is 5.73 Å². The number of aromatic nitrogens is 2. The number of nitrogens with zero attached hydrogens (tertiary/aromatic N) is 2. The zero-order valence-corrected chi connectivity index (χ0v) is 9.86. The van der Waals surface area contributed by atoms with Crippen LogP contribution in [0.25, 0.3) is 0 Å². The van der Waals surface area contributed by atoms with E-state index in [1.165, 1.54) is 4.90 Å². The van der Waals surface area contributed by atoms with Crippen LogP contribution in [0.3, 0.4) is 0 Å². The summed E-state index contributed by atoms with van der Waals surface area (Å²) in [5.41, 5.74) is 6.70. The van der Waals surface area contributed by atoms with Crippen molar-refractivity contribution < 1.29 is 0 Å². The molecule has 0 aliphatic carbocycles. The Morgan fingerprint density at radius 2 is 2.00 bits per heavy atom. The van der Waals surface area contributed by atoms with Gasteiger partial charge in [0, 0.05) is 23.4 Å². The number of aryl methyl sites for hydroxylation is 1. The maximum absolute atomic E-state index is 5.61. The maximum atomic E-state index is 5.61. The van der Waals surface area contributed by atoms with Crippen molar-refractivity contribution >= 4 is 11.8 Å². The normalized spacial score (nSPS) is 10.6. The highest BCUT2D eigenvalue weighted by molar-refractivity contribution is 7.99. The molecule has 0 aliphatic rings. The van der Waals surface area contributed by atoms with E-state index in [2.05, 4.69) is 29.4 Å². The van der Waals surface area contributed by atoms with Crippen molar-refractivity contribution in [3.63, 3.8) is 0 Å².